The zero-order valence-electron chi connectivity index (χ0n) is 11.5. The van der Waals surface area contributed by atoms with Gasteiger partial charge in [0.15, 0.2) is 5.78 Å². The van der Waals surface area contributed by atoms with E-state index >= 15 is 0 Å². The predicted molar refractivity (Wildman–Crippen MR) is 96.3 cm³/mol. The summed E-state index contributed by atoms with van der Waals surface area (Å²) in [6, 6.07) is 21.0. The molecule has 1 aromatic heterocycles. The number of fused-ring (bicyclic) bond motifs is 3. The highest BCUT2D eigenvalue weighted by Crippen LogP contribution is 2.31. The second kappa shape index (κ2) is 5.25. The van der Waals surface area contributed by atoms with Crippen LogP contribution in [-0.2, 0) is 0 Å². The third-order valence-corrected chi connectivity index (χ3v) is 4.40. The van der Waals surface area contributed by atoms with Crippen LogP contribution in [0.5, 0.6) is 0 Å². The van der Waals surface area contributed by atoms with Crippen LogP contribution in [0.4, 0.5) is 0 Å². The number of rotatable bonds is 2. The topological polar surface area (TPSA) is 30.2 Å². The van der Waals surface area contributed by atoms with Gasteiger partial charge in [-0.3, -0.25) is 4.79 Å². The molecule has 0 aliphatic rings. The Kier molecular flexibility index (Phi) is 3.22. The number of hydrogen-bond acceptors (Lipinski definition) is 2. The molecule has 0 aliphatic carbocycles. The van der Waals surface area contributed by atoms with Crippen molar-refractivity contribution in [2.45, 2.75) is 0 Å². The minimum absolute atomic E-state index is 0.0301. The van der Waals surface area contributed by atoms with Gasteiger partial charge in [0.05, 0.1) is 0 Å². The highest BCUT2D eigenvalue weighted by atomic mass is 127. The number of carbonyl (C=O) groups is 1. The van der Waals surface area contributed by atoms with Gasteiger partial charge >= 0.3 is 0 Å². The number of ketones is 1. The average Bonchev–Trinajstić information content (AvgIpc) is 2.92. The zero-order valence-corrected chi connectivity index (χ0v) is 13.7. The first-order valence-electron chi connectivity index (χ1n) is 6.94. The summed E-state index contributed by atoms with van der Waals surface area (Å²) < 4.78 is 6.98. The summed E-state index contributed by atoms with van der Waals surface area (Å²) >= 11 is 2.28. The fourth-order valence-corrected chi connectivity index (χ4v) is 3.14. The molecule has 0 radical (unpaired) electrons. The van der Waals surface area contributed by atoms with E-state index in [4.69, 9.17) is 4.42 Å². The first-order valence-corrected chi connectivity index (χ1v) is 8.02. The van der Waals surface area contributed by atoms with E-state index in [2.05, 4.69) is 28.7 Å². The van der Waals surface area contributed by atoms with E-state index < -0.39 is 0 Å². The second-order valence-electron chi connectivity index (χ2n) is 5.15. The summed E-state index contributed by atoms with van der Waals surface area (Å²) in [5.41, 5.74) is 3.03. The minimum atomic E-state index is 0.0301. The smallest absolute Gasteiger partial charge is 0.193 e. The molecule has 0 atom stereocenters. The molecule has 1 heterocycles. The third kappa shape index (κ3) is 2.22. The maximum atomic E-state index is 12.6. The molecule has 0 spiro atoms. The monoisotopic (exact) mass is 398 g/mol. The van der Waals surface area contributed by atoms with E-state index in [1.165, 1.54) is 0 Å². The molecule has 0 N–H and O–H groups in total. The zero-order chi connectivity index (χ0) is 15.1. The number of hydrogen-bond donors (Lipinski definition) is 0. The minimum Gasteiger partial charge on any atom is -0.456 e. The number of benzene rings is 3. The van der Waals surface area contributed by atoms with Crippen molar-refractivity contribution < 1.29 is 9.21 Å². The Morgan fingerprint density at radius 2 is 1.45 bits per heavy atom. The Morgan fingerprint density at radius 1 is 0.773 bits per heavy atom. The summed E-state index contributed by atoms with van der Waals surface area (Å²) in [6.45, 7) is 0. The normalized spacial score (nSPS) is 11.1. The molecule has 0 unspecified atom stereocenters. The van der Waals surface area contributed by atoms with Crippen molar-refractivity contribution in [3.8, 4) is 0 Å². The Balaban J connectivity index is 1.91. The first-order chi connectivity index (χ1) is 10.7. The Hall–Kier alpha value is -2.14. The van der Waals surface area contributed by atoms with Crippen molar-refractivity contribution in [1.29, 1.82) is 0 Å². The van der Waals surface area contributed by atoms with E-state index in [0.29, 0.717) is 11.1 Å². The Morgan fingerprint density at radius 3 is 2.23 bits per heavy atom. The molecule has 4 rings (SSSR count). The molecule has 0 saturated heterocycles. The van der Waals surface area contributed by atoms with E-state index in [9.17, 15) is 4.79 Å². The molecule has 3 aromatic carbocycles. The van der Waals surface area contributed by atoms with Crippen molar-refractivity contribution in [3.63, 3.8) is 0 Å². The van der Waals surface area contributed by atoms with Crippen LogP contribution < -0.4 is 0 Å². The molecule has 0 fully saturated rings. The molecule has 0 amide bonds. The lowest BCUT2D eigenvalue weighted by molar-refractivity contribution is 0.103. The van der Waals surface area contributed by atoms with Gasteiger partial charge in [-0.15, -0.1) is 0 Å². The molecule has 2 nitrogen and oxygen atoms in total. The van der Waals surface area contributed by atoms with Gasteiger partial charge in [-0.05, 0) is 59.0 Å². The molecule has 22 heavy (non-hydrogen) atoms. The highest BCUT2D eigenvalue weighted by molar-refractivity contribution is 14.1. The average molecular weight is 398 g/mol. The lowest BCUT2D eigenvalue weighted by Gasteiger charge is -2.01. The summed E-state index contributed by atoms with van der Waals surface area (Å²) in [5.74, 6) is 0.0301. The molecule has 0 saturated carbocycles. The van der Waals surface area contributed by atoms with Crippen LogP contribution >= 0.6 is 22.6 Å². The van der Waals surface area contributed by atoms with Crippen molar-refractivity contribution in [2.24, 2.45) is 0 Å². The largest absolute Gasteiger partial charge is 0.456 e. The number of furan rings is 1. The summed E-state index contributed by atoms with van der Waals surface area (Å²) in [7, 11) is 0. The van der Waals surface area contributed by atoms with Crippen LogP contribution in [0.2, 0.25) is 0 Å². The van der Waals surface area contributed by atoms with Crippen molar-refractivity contribution in [3.05, 3.63) is 81.4 Å². The van der Waals surface area contributed by atoms with Crippen molar-refractivity contribution in [1.82, 2.24) is 0 Å². The van der Waals surface area contributed by atoms with Gasteiger partial charge in [0.1, 0.15) is 11.2 Å². The fraction of sp³-hybridized carbons (Fsp3) is 0. The summed E-state index contributed by atoms with van der Waals surface area (Å²) in [6.07, 6.45) is 0. The van der Waals surface area contributed by atoms with Gasteiger partial charge in [-0.25, -0.2) is 0 Å². The van der Waals surface area contributed by atoms with Crippen LogP contribution in [0, 0.1) is 3.57 Å². The van der Waals surface area contributed by atoms with Crippen LogP contribution in [0.25, 0.3) is 21.9 Å². The maximum Gasteiger partial charge on any atom is 0.193 e. The van der Waals surface area contributed by atoms with Gasteiger partial charge in [-0.2, -0.15) is 0 Å². The first kappa shape index (κ1) is 13.5. The number of halogens is 1. The standard InChI is InChI=1S/C19H11IO2/c20-14-7-9-18-16(11-14)15-10-13(6-8-17(15)22-18)19(21)12-4-2-1-3-5-12/h1-11H. The van der Waals surface area contributed by atoms with E-state index in [1.807, 2.05) is 60.7 Å². The van der Waals surface area contributed by atoms with Crippen molar-refractivity contribution in [2.75, 3.05) is 0 Å². The van der Waals surface area contributed by atoms with Gasteiger partial charge in [0.2, 0.25) is 0 Å². The van der Waals surface area contributed by atoms with E-state index in [1.54, 1.807) is 0 Å². The van der Waals surface area contributed by atoms with Gasteiger partial charge < -0.3 is 4.42 Å². The predicted octanol–water partition coefficient (Wildman–Crippen LogP) is 5.42. The van der Waals surface area contributed by atoms with Gasteiger partial charge in [0.25, 0.3) is 0 Å². The van der Waals surface area contributed by atoms with Crippen molar-refractivity contribution >= 4 is 50.3 Å². The molecule has 4 aromatic rings. The van der Waals surface area contributed by atoms with Crippen LogP contribution in [0.1, 0.15) is 15.9 Å². The van der Waals surface area contributed by atoms with E-state index in [-0.39, 0.29) is 5.78 Å². The van der Waals surface area contributed by atoms with Crippen LogP contribution in [-0.4, -0.2) is 5.78 Å². The Labute approximate surface area is 140 Å². The van der Waals surface area contributed by atoms with Crippen LogP contribution in [0.3, 0.4) is 0 Å². The molecular weight excluding hydrogens is 387 g/mol. The molecule has 0 bridgehead atoms. The summed E-state index contributed by atoms with van der Waals surface area (Å²) in [5, 5.41) is 2.03. The summed E-state index contributed by atoms with van der Waals surface area (Å²) in [4.78, 5) is 12.6. The lowest BCUT2D eigenvalue weighted by Crippen LogP contribution is -2.00. The second-order valence-corrected chi connectivity index (χ2v) is 6.39. The van der Waals surface area contributed by atoms with Crippen LogP contribution in [0.15, 0.2) is 71.1 Å². The molecule has 0 aliphatic heterocycles. The SMILES string of the molecule is O=C(c1ccccc1)c1ccc2oc3ccc(I)cc3c2c1. The lowest BCUT2D eigenvalue weighted by atomic mass is 10.0. The van der Waals surface area contributed by atoms with Gasteiger partial charge in [-0.1, -0.05) is 30.3 Å². The third-order valence-electron chi connectivity index (χ3n) is 3.73. The molecule has 106 valence electrons. The Bertz CT molecular complexity index is 1000. The quantitative estimate of drug-likeness (QED) is 0.333. The number of carbonyl (C=O) groups excluding carboxylic acids is 1. The van der Waals surface area contributed by atoms with Gasteiger partial charge in [0, 0.05) is 25.5 Å². The fourth-order valence-electron chi connectivity index (χ4n) is 2.65. The maximum absolute atomic E-state index is 12.6. The highest BCUT2D eigenvalue weighted by Gasteiger charge is 2.13. The molecular formula is C19H11IO2. The van der Waals surface area contributed by atoms with E-state index in [0.717, 1.165) is 25.5 Å². The molecule has 3 heteroatoms.